The van der Waals surface area contributed by atoms with Gasteiger partial charge in [0.2, 0.25) is 0 Å². The van der Waals surface area contributed by atoms with Crippen LogP contribution in [-0.2, 0) is 0 Å². The molecule has 0 saturated heterocycles. The van der Waals surface area contributed by atoms with E-state index in [1.54, 1.807) is 0 Å². The van der Waals surface area contributed by atoms with Crippen molar-refractivity contribution in [1.82, 2.24) is 5.32 Å². The lowest BCUT2D eigenvalue weighted by Crippen LogP contribution is -2.61. The normalized spacial score (nSPS) is 20.8. The summed E-state index contributed by atoms with van der Waals surface area (Å²) in [6.07, 6.45) is 3.21. The number of anilines is 1. The summed E-state index contributed by atoms with van der Waals surface area (Å²) in [5.41, 5.74) is 2.57. The van der Waals surface area contributed by atoms with Crippen LogP contribution in [-0.4, -0.2) is 11.6 Å². The SMILES string of the molecule is Cc1cc(Br)cc2c1C(=O)NC1(CCC1)N2. The molecule has 16 heavy (non-hydrogen) atoms. The van der Waals surface area contributed by atoms with Crippen LogP contribution < -0.4 is 10.6 Å². The van der Waals surface area contributed by atoms with E-state index in [-0.39, 0.29) is 11.6 Å². The Labute approximate surface area is 103 Å². The second-order valence-electron chi connectivity index (χ2n) is 4.66. The molecule has 3 rings (SSSR count). The Hall–Kier alpha value is -1.03. The Morgan fingerprint density at radius 3 is 2.69 bits per heavy atom. The number of fused-ring (bicyclic) bond motifs is 1. The first-order chi connectivity index (χ1) is 7.60. The van der Waals surface area contributed by atoms with Crippen molar-refractivity contribution in [3.63, 3.8) is 0 Å². The second kappa shape index (κ2) is 3.23. The standard InChI is InChI=1S/C12H13BrN2O/c1-7-5-8(13)6-9-10(7)11(16)15-12(14-9)3-2-4-12/h5-6,14H,2-4H2,1H3,(H,15,16). The van der Waals surface area contributed by atoms with Crippen molar-refractivity contribution >= 4 is 27.5 Å². The summed E-state index contributed by atoms with van der Waals surface area (Å²) in [6, 6.07) is 3.96. The maximum Gasteiger partial charge on any atom is 0.255 e. The Morgan fingerprint density at radius 1 is 1.31 bits per heavy atom. The molecule has 0 bridgehead atoms. The summed E-state index contributed by atoms with van der Waals surface area (Å²) < 4.78 is 1.01. The molecule has 1 aromatic rings. The highest BCUT2D eigenvalue weighted by atomic mass is 79.9. The molecule has 1 aliphatic carbocycles. The number of aryl methyl sites for hydroxylation is 1. The Kier molecular flexibility index (Phi) is 2.05. The van der Waals surface area contributed by atoms with E-state index < -0.39 is 0 Å². The largest absolute Gasteiger partial charge is 0.362 e. The third-order valence-electron chi connectivity index (χ3n) is 3.46. The monoisotopic (exact) mass is 280 g/mol. The number of rotatable bonds is 0. The number of hydrogen-bond donors (Lipinski definition) is 2. The minimum absolute atomic E-state index is 0.0541. The Bertz CT molecular complexity index is 480. The average Bonchev–Trinajstić information content (AvgIpc) is 2.13. The van der Waals surface area contributed by atoms with Crippen molar-refractivity contribution in [3.8, 4) is 0 Å². The van der Waals surface area contributed by atoms with Crippen LogP contribution in [0, 0.1) is 6.92 Å². The van der Waals surface area contributed by atoms with Gasteiger partial charge in [0, 0.05) is 4.47 Å². The molecular weight excluding hydrogens is 268 g/mol. The number of halogens is 1. The molecule has 1 aromatic carbocycles. The van der Waals surface area contributed by atoms with Crippen LogP contribution >= 0.6 is 15.9 Å². The van der Waals surface area contributed by atoms with Gasteiger partial charge in [0.25, 0.3) is 5.91 Å². The third kappa shape index (κ3) is 1.36. The molecule has 2 aliphatic rings. The first kappa shape index (κ1) is 10.1. The third-order valence-corrected chi connectivity index (χ3v) is 3.92. The minimum Gasteiger partial charge on any atom is -0.362 e. The van der Waals surface area contributed by atoms with E-state index in [0.717, 1.165) is 34.1 Å². The molecule has 3 nitrogen and oxygen atoms in total. The molecule has 1 saturated carbocycles. The number of hydrogen-bond acceptors (Lipinski definition) is 2. The summed E-state index contributed by atoms with van der Waals surface area (Å²) in [7, 11) is 0. The van der Waals surface area contributed by atoms with Gasteiger partial charge in [-0.05, 0) is 43.9 Å². The van der Waals surface area contributed by atoms with E-state index in [0.29, 0.717) is 0 Å². The van der Waals surface area contributed by atoms with Crippen LogP contribution in [0.25, 0.3) is 0 Å². The molecule has 1 aliphatic heterocycles. The number of carbonyl (C=O) groups excluding carboxylic acids is 1. The molecule has 0 aromatic heterocycles. The fraction of sp³-hybridized carbons (Fsp3) is 0.417. The van der Waals surface area contributed by atoms with Gasteiger partial charge in [0.15, 0.2) is 0 Å². The summed E-state index contributed by atoms with van der Waals surface area (Å²) in [5.74, 6) is 0.0541. The highest BCUT2D eigenvalue weighted by Crippen LogP contribution is 2.39. The van der Waals surface area contributed by atoms with E-state index in [1.807, 2.05) is 19.1 Å². The second-order valence-corrected chi connectivity index (χ2v) is 5.58. The summed E-state index contributed by atoms with van der Waals surface area (Å²) in [4.78, 5) is 12.1. The van der Waals surface area contributed by atoms with Crippen molar-refractivity contribution in [2.45, 2.75) is 31.8 Å². The van der Waals surface area contributed by atoms with Crippen molar-refractivity contribution in [1.29, 1.82) is 0 Å². The van der Waals surface area contributed by atoms with Gasteiger partial charge in [-0.15, -0.1) is 0 Å². The van der Waals surface area contributed by atoms with E-state index >= 15 is 0 Å². The van der Waals surface area contributed by atoms with Crippen molar-refractivity contribution in [2.75, 3.05) is 5.32 Å². The molecule has 1 spiro atoms. The maximum atomic E-state index is 12.1. The van der Waals surface area contributed by atoms with Gasteiger partial charge in [-0.25, -0.2) is 0 Å². The van der Waals surface area contributed by atoms with E-state index in [4.69, 9.17) is 0 Å². The molecule has 1 heterocycles. The van der Waals surface area contributed by atoms with Gasteiger partial charge in [0.1, 0.15) is 5.66 Å². The van der Waals surface area contributed by atoms with Gasteiger partial charge in [-0.2, -0.15) is 0 Å². The van der Waals surface area contributed by atoms with Crippen LogP contribution in [0.4, 0.5) is 5.69 Å². The van der Waals surface area contributed by atoms with Gasteiger partial charge in [-0.3, -0.25) is 4.79 Å². The highest BCUT2D eigenvalue weighted by Gasteiger charge is 2.42. The molecule has 1 amide bonds. The zero-order valence-corrected chi connectivity index (χ0v) is 10.6. The lowest BCUT2D eigenvalue weighted by molar-refractivity contribution is 0.0843. The number of carbonyl (C=O) groups is 1. The molecule has 0 atom stereocenters. The van der Waals surface area contributed by atoms with Gasteiger partial charge < -0.3 is 10.6 Å². The Balaban J connectivity index is 2.11. The van der Waals surface area contributed by atoms with Crippen LogP contribution in [0.1, 0.15) is 35.2 Å². The summed E-state index contributed by atoms with van der Waals surface area (Å²) in [5, 5.41) is 6.54. The van der Waals surface area contributed by atoms with Crippen LogP contribution in [0.3, 0.4) is 0 Å². The molecule has 4 heteroatoms. The molecular formula is C12H13BrN2O. The fourth-order valence-corrected chi connectivity index (χ4v) is 3.06. The number of amides is 1. The van der Waals surface area contributed by atoms with E-state index in [9.17, 15) is 4.79 Å². The van der Waals surface area contributed by atoms with Crippen molar-refractivity contribution in [2.24, 2.45) is 0 Å². The van der Waals surface area contributed by atoms with Crippen LogP contribution in [0.5, 0.6) is 0 Å². The smallest absolute Gasteiger partial charge is 0.255 e. The first-order valence-electron chi connectivity index (χ1n) is 5.50. The topological polar surface area (TPSA) is 41.1 Å². The lowest BCUT2D eigenvalue weighted by Gasteiger charge is -2.47. The predicted molar refractivity (Wildman–Crippen MR) is 66.5 cm³/mol. The summed E-state index contributed by atoms with van der Waals surface area (Å²) >= 11 is 3.47. The van der Waals surface area contributed by atoms with Crippen molar-refractivity contribution < 1.29 is 4.79 Å². The molecule has 84 valence electrons. The van der Waals surface area contributed by atoms with Gasteiger partial charge >= 0.3 is 0 Å². The molecule has 1 fully saturated rings. The number of nitrogens with one attached hydrogen (secondary N) is 2. The van der Waals surface area contributed by atoms with E-state index in [1.165, 1.54) is 6.42 Å². The van der Waals surface area contributed by atoms with Crippen molar-refractivity contribution in [3.05, 3.63) is 27.7 Å². The quantitative estimate of drug-likeness (QED) is 0.767. The number of benzene rings is 1. The fourth-order valence-electron chi connectivity index (χ4n) is 2.49. The highest BCUT2D eigenvalue weighted by molar-refractivity contribution is 9.10. The van der Waals surface area contributed by atoms with Crippen LogP contribution in [0.15, 0.2) is 16.6 Å². The van der Waals surface area contributed by atoms with Crippen LogP contribution in [0.2, 0.25) is 0 Å². The molecule has 0 unspecified atom stereocenters. The van der Waals surface area contributed by atoms with E-state index in [2.05, 4.69) is 26.6 Å². The predicted octanol–water partition coefficient (Wildman–Crippen LogP) is 2.79. The zero-order chi connectivity index (χ0) is 11.3. The first-order valence-corrected chi connectivity index (χ1v) is 6.30. The minimum atomic E-state index is -0.169. The zero-order valence-electron chi connectivity index (χ0n) is 9.06. The molecule has 2 N–H and O–H groups in total. The summed E-state index contributed by atoms with van der Waals surface area (Å²) in [6.45, 7) is 1.96. The average molecular weight is 281 g/mol. The lowest BCUT2D eigenvalue weighted by atomic mass is 9.82. The van der Waals surface area contributed by atoms with Gasteiger partial charge in [0.05, 0.1) is 11.3 Å². The Morgan fingerprint density at radius 2 is 2.06 bits per heavy atom. The molecule has 0 radical (unpaired) electrons. The maximum absolute atomic E-state index is 12.1. The van der Waals surface area contributed by atoms with Gasteiger partial charge in [-0.1, -0.05) is 15.9 Å².